The summed E-state index contributed by atoms with van der Waals surface area (Å²) in [6.07, 6.45) is 1.64. The molecule has 0 saturated carbocycles. The highest BCUT2D eigenvalue weighted by Crippen LogP contribution is 2.44. The molecule has 0 amide bonds. The molecule has 3 aromatic rings. The number of ether oxygens (including phenoxy) is 3. The van der Waals surface area contributed by atoms with Crippen LogP contribution in [-0.4, -0.2) is 61.7 Å². The predicted octanol–water partition coefficient (Wildman–Crippen LogP) is 4.63. The summed E-state index contributed by atoms with van der Waals surface area (Å²) < 4.78 is 30.6. The van der Waals surface area contributed by atoms with Crippen LogP contribution < -0.4 is 14.8 Å². The Morgan fingerprint density at radius 1 is 1.21 bits per heavy atom. The number of halogens is 2. The maximum Gasteiger partial charge on any atom is 0.161 e. The largest absolute Gasteiger partial charge is 0.493 e. The summed E-state index contributed by atoms with van der Waals surface area (Å²) in [4.78, 5) is 2.40. The summed E-state index contributed by atoms with van der Waals surface area (Å²) in [5.74, 6) is 1.74. The highest BCUT2D eigenvalue weighted by Gasteiger charge is 2.27. The number of nitrogens with one attached hydrogen (secondary N) is 2. The molecule has 1 aliphatic carbocycles. The van der Waals surface area contributed by atoms with Crippen molar-refractivity contribution in [2.75, 3.05) is 51.9 Å². The van der Waals surface area contributed by atoms with Gasteiger partial charge in [0.05, 0.1) is 37.6 Å². The van der Waals surface area contributed by atoms with Crippen LogP contribution in [0.5, 0.6) is 11.5 Å². The van der Waals surface area contributed by atoms with Gasteiger partial charge in [-0.2, -0.15) is 5.10 Å². The Morgan fingerprint density at radius 3 is 2.85 bits per heavy atom. The molecule has 0 atom stereocenters. The van der Waals surface area contributed by atoms with Crippen LogP contribution in [0.2, 0.25) is 5.02 Å². The van der Waals surface area contributed by atoms with Crippen molar-refractivity contribution in [2.24, 2.45) is 0 Å². The summed E-state index contributed by atoms with van der Waals surface area (Å²) in [6, 6.07) is 8.56. The fourth-order valence-corrected chi connectivity index (χ4v) is 4.49. The van der Waals surface area contributed by atoms with Crippen LogP contribution in [0.3, 0.4) is 0 Å². The fraction of sp³-hybridized carbons (Fsp3) is 0.375. The number of hydrogen-bond donors (Lipinski definition) is 2. The van der Waals surface area contributed by atoms with Crippen molar-refractivity contribution < 1.29 is 18.6 Å². The van der Waals surface area contributed by atoms with E-state index in [9.17, 15) is 4.39 Å². The maximum absolute atomic E-state index is 13.5. The lowest BCUT2D eigenvalue weighted by Gasteiger charge is -2.26. The van der Waals surface area contributed by atoms with E-state index in [1.807, 2.05) is 12.1 Å². The topological polar surface area (TPSA) is 71.6 Å². The predicted molar refractivity (Wildman–Crippen MR) is 125 cm³/mol. The molecular formula is C24H26ClFN4O3. The number of anilines is 2. The third-order valence-electron chi connectivity index (χ3n) is 6.05. The van der Waals surface area contributed by atoms with Crippen LogP contribution in [0.4, 0.5) is 15.9 Å². The van der Waals surface area contributed by atoms with E-state index < -0.39 is 5.82 Å². The average Bonchev–Trinajstić information content (AvgIpc) is 3.38. The average molecular weight is 473 g/mol. The summed E-state index contributed by atoms with van der Waals surface area (Å²) in [5.41, 5.74) is 4.75. The first-order valence-electron chi connectivity index (χ1n) is 11.1. The van der Waals surface area contributed by atoms with Crippen LogP contribution in [0.15, 0.2) is 30.3 Å². The minimum Gasteiger partial charge on any atom is -0.493 e. The molecule has 0 bridgehead atoms. The first-order valence-corrected chi connectivity index (χ1v) is 11.4. The second kappa shape index (κ2) is 9.59. The molecule has 5 rings (SSSR count). The Hall–Kier alpha value is -2.81. The molecule has 0 radical (unpaired) electrons. The molecule has 2 aliphatic rings. The van der Waals surface area contributed by atoms with E-state index in [1.54, 1.807) is 19.2 Å². The maximum atomic E-state index is 13.5. The van der Waals surface area contributed by atoms with Gasteiger partial charge < -0.3 is 19.5 Å². The summed E-state index contributed by atoms with van der Waals surface area (Å²) in [7, 11) is 1.65. The smallest absolute Gasteiger partial charge is 0.161 e. The van der Waals surface area contributed by atoms with Gasteiger partial charge in [0.15, 0.2) is 11.5 Å². The van der Waals surface area contributed by atoms with E-state index in [2.05, 4.69) is 20.4 Å². The lowest BCUT2D eigenvalue weighted by atomic mass is 10.1. The summed E-state index contributed by atoms with van der Waals surface area (Å²) in [5, 5.41) is 10.9. The van der Waals surface area contributed by atoms with Gasteiger partial charge in [-0.1, -0.05) is 11.6 Å². The van der Waals surface area contributed by atoms with E-state index in [1.165, 1.54) is 6.07 Å². The van der Waals surface area contributed by atoms with Gasteiger partial charge >= 0.3 is 0 Å². The van der Waals surface area contributed by atoms with Gasteiger partial charge in [-0.25, -0.2) is 4.39 Å². The Labute approximate surface area is 196 Å². The molecular weight excluding hydrogens is 447 g/mol. The number of benzene rings is 2. The van der Waals surface area contributed by atoms with Crippen LogP contribution in [0.25, 0.3) is 11.3 Å². The number of hydrogen-bond acceptors (Lipinski definition) is 6. The molecule has 0 spiro atoms. The van der Waals surface area contributed by atoms with E-state index >= 15 is 0 Å². The first kappa shape index (κ1) is 22.0. The van der Waals surface area contributed by atoms with Gasteiger partial charge in [0.25, 0.3) is 0 Å². The minimum absolute atomic E-state index is 0.0691. The van der Waals surface area contributed by atoms with Gasteiger partial charge in [0, 0.05) is 42.9 Å². The number of aromatic amines is 1. The molecule has 1 saturated heterocycles. The van der Waals surface area contributed by atoms with Crippen LogP contribution >= 0.6 is 11.6 Å². The Kier molecular flexibility index (Phi) is 6.39. The quantitative estimate of drug-likeness (QED) is 0.364. The van der Waals surface area contributed by atoms with E-state index in [0.717, 1.165) is 73.2 Å². The molecule has 2 N–H and O–H groups in total. The van der Waals surface area contributed by atoms with Crippen LogP contribution in [0, 0.1) is 5.82 Å². The molecule has 2 aromatic carbocycles. The SMILES string of the molecule is COc1cc2c(cc1OCCCN1CCOCC1)Cc1c-2n[nH]c1Nc1ccc(F)c(Cl)c1. The van der Waals surface area contributed by atoms with E-state index in [4.69, 9.17) is 25.8 Å². The number of fused-ring (bicyclic) bond motifs is 3. The Balaban J connectivity index is 1.28. The molecule has 0 unspecified atom stereocenters. The van der Waals surface area contributed by atoms with Gasteiger partial charge in [0.1, 0.15) is 11.6 Å². The number of methoxy groups -OCH3 is 1. The van der Waals surface area contributed by atoms with Crippen molar-refractivity contribution in [3.63, 3.8) is 0 Å². The number of H-pyrrole nitrogens is 1. The monoisotopic (exact) mass is 472 g/mol. The van der Waals surface area contributed by atoms with Crippen molar-refractivity contribution in [3.05, 3.63) is 52.3 Å². The van der Waals surface area contributed by atoms with Crippen molar-refractivity contribution in [1.82, 2.24) is 15.1 Å². The highest BCUT2D eigenvalue weighted by molar-refractivity contribution is 6.31. The second-order valence-electron chi connectivity index (χ2n) is 8.17. The zero-order valence-electron chi connectivity index (χ0n) is 18.4. The van der Waals surface area contributed by atoms with Gasteiger partial charge in [0.2, 0.25) is 0 Å². The van der Waals surface area contributed by atoms with Gasteiger partial charge in [-0.15, -0.1) is 0 Å². The van der Waals surface area contributed by atoms with Crippen LogP contribution in [-0.2, 0) is 11.2 Å². The molecule has 33 heavy (non-hydrogen) atoms. The zero-order valence-corrected chi connectivity index (χ0v) is 19.2. The first-order chi connectivity index (χ1) is 16.1. The summed E-state index contributed by atoms with van der Waals surface area (Å²) >= 11 is 5.91. The van der Waals surface area contributed by atoms with Crippen molar-refractivity contribution in [2.45, 2.75) is 12.8 Å². The number of morpholine rings is 1. The lowest BCUT2D eigenvalue weighted by Crippen LogP contribution is -2.37. The number of rotatable bonds is 8. The molecule has 9 heteroatoms. The number of aromatic nitrogens is 2. The summed E-state index contributed by atoms with van der Waals surface area (Å²) in [6.45, 7) is 5.18. The third-order valence-corrected chi connectivity index (χ3v) is 6.34. The van der Waals surface area contributed by atoms with E-state index in [-0.39, 0.29) is 5.02 Å². The fourth-order valence-electron chi connectivity index (χ4n) is 4.31. The highest BCUT2D eigenvalue weighted by atomic mass is 35.5. The van der Waals surface area contributed by atoms with Crippen molar-refractivity contribution in [3.8, 4) is 22.8 Å². The van der Waals surface area contributed by atoms with E-state index in [0.29, 0.717) is 24.5 Å². The molecule has 1 fully saturated rings. The minimum atomic E-state index is -0.450. The van der Waals surface area contributed by atoms with Crippen molar-refractivity contribution in [1.29, 1.82) is 0 Å². The van der Waals surface area contributed by atoms with Gasteiger partial charge in [-0.3, -0.25) is 10.00 Å². The third kappa shape index (κ3) is 4.64. The Morgan fingerprint density at radius 2 is 2.06 bits per heavy atom. The molecule has 2 heterocycles. The molecule has 174 valence electrons. The standard InChI is InChI=1S/C24H26ClFN4O3/c1-31-21-14-17-15(12-22(21)33-8-2-5-30-6-9-32-10-7-30)11-18-23(17)28-29-24(18)27-16-3-4-20(26)19(25)13-16/h3-4,12-14H,2,5-11H2,1H3,(H2,27,28,29). The van der Waals surface area contributed by atoms with Crippen molar-refractivity contribution >= 4 is 23.1 Å². The Bertz CT molecular complexity index is 1150. The molecule has 1 aromatic heterocycles. The second-order valence-corrected chi connectivity index (χ2v) is 8.58. The molecule has 7 nitrogen and oxygen atoms in total. The van der Waals surface area contributed by atoms with Gasteiger partial charge in [-0.05, 0) is 42.3 Å². The lowest BCUT2D eigenvalue weighted by molar-refractivity contribution is 0.0357. The zero-order chi connectivity index (χ0) is 22.8. The number of nitrogens with zero attached hydrogens (tertiary/aromatic N) is 2. The normalized spacial score (nSPS) is 15.2. The molecule has 1 aliphatic heterocycles. The van der Waals surface area contributed by atoms with Crippen LogP contribution in [0.1, 0.15) is 17.5 Å².